The van der Waals surface area contributed by atoms with Gasteiger partial charge in [-0.2, -0.15) is 5.10 Å². The summed E-state index contributed by atoms with van der Waals surface area (Å²) in [6.07, 6.45) is 1.05. The van der Waals surface area contributed by atoms with Gasteiger partial charge in [0.25, 0.3) is 17.7 Å². The molecule has 27 heavy (non-hydrogen) atoms. The summed E-state index contributed by atoms with van der Waals surface area (Å²) in [5, 5.41) is 20.0. The zero-order chi connectivity index (χ0) is 19.6. The zero-order valence-corrected chi connectivity index (χ0v) is 14.5. The smallest absolute Gasteiger partial charge is 0.322 e. The minimum atomic E-state index is -0.739. The second-order valence-electron chi connectivity index (χ2n) is 5.97. The average Bonchev–Trinajstić information content (AvgIpc) is 3.17. The standard InChI is InChI=1S/C17H17N5O5/c1-2-5-12-14(22(26)27)13(20-19-12)15(23)18-8-9-21-16(24)10-6-3-4-7-11(10)17(21)25/h3-4,6-7H,2,5,8-9H2,1H3,(H,18,23)(H,19,20). The number of nitrogens with zero attached hydrogens (tertiary/aromatic N) is 3. The van der Waals surface area contributed by atoms with Crippen LogP contribution in [-0.2, 0) is 6.42 Å². The first kappa shape index (κ1) is 18.2. The number of benzene rings is 1. The molecule has 3 rings (SSSR count). The Balaban J connectivity index is 1.65. The third-order valence-electron chi connectivity index (χ3n) is 4.21. The topological polar surface area (TPSA) is 138 Å². The van der Waals surface area contributed by atoms with E-state index in [9.17, 15) is 24.5 Å². The van der Waals surface area contributed by atoms with Crippen molar-refractivity contribution in [1.29, 1.82) is 0 Å². The lowest BCUT2D eigenvalue weighted by Gasteiger charge is -2.13. The van der Waals surface area contributed by atoms with E-state index in [1.165, 1.54) is 0 Å². The van der Waals surface area contributed by atoms with Gasteiger partial charge in [0.05, 0.1) is 16.1 Å². The highest BCUT2D eigenvalue weighted by Gasteiger charge is 2.35. The first-order valence-electron chi connectivity index (χ1n) is 8.40. The Bertz CT molecular complexity index is 901. The predicted molar refractivity (Wildman–Crippen MR) is 93.4 cm³/mol. The number of rotatable bonds is 7. The number of H-pyrrole nitrogens is 1. The third-order valence-corrected chi connectivity index (χ3v) is 4.21. The van der Waals surface area contributed by atoms with Gasteiger partial charge >= 0.3 is 5.69 Å². The molecule has 1 aliphatic rings. The van der Waals surface area contributed by atoms with Crippen LogP contribution in [0.2, 0.25) is 0 Å². The maximum absolute atomic E-state index is 12.3. The predicted octanol–water partition coefficient (Wildman–Crippen LogP) is 1.30. The first-order valence-corrected chi connectivity index (χ1v) is 8.40. The summed E-state index contributed by atoms with van der Waals surface area (Å²) in [7, 11) is 0. The van der Waals surface area contributed by atoms with E-state index in [0.29, 0.717) is 24.0 Å². The summed E-state index contributed by atoms with van der Waals surface area (Å²) in [5.41, 5.74) is 0.260. The molecule has 1 aliphatic heterocycles. The molecule has 1 aromatic carbocycles. The molecular formula is C17H17N5O5. The summed E-state index contributed by atoms with van der Waals surface area (Å²) in [6, 6.07) is 6.47. The second-order valence-corrected chi connectivity index (χ2v) is 5.97. The Morgan fingerprint density at radius 2 is 1.89 bits per heavy atom. The number of amides is 3. The molecule has 2 heterocycles. The number of aryl methyl sites for hydroxylation is 1. The molecule has 10 nitrogen and oxygen atoms in total. The van der Waals surface area contributed by atoms with Crippen molar-refractivity contribution in [2.75, 3.05) is 13.1 Å². The number of nitro groups is 1. The van der Waals surface area contributed by atoms with Crippen LogP contribution in [0.3, 0.4) is 0 Å². The fourth-order valence-corrected chi connectivity index (χ4v) is 2.96. The van der Waals surface area contributed by atoms with Gasteiger partial charge in [-0.05, 0) is 18.6 Å². The van der Waals surface area contributed by atoms with Crippen LogP contribution >= 0.6 is 0 Å². The van der Waals surface area contributed by atoms with Crippen LogP contribution in [-0.4, -0.2) is 50.8 Å². The number of imide groups is 1. The molecule has 0 unspecified atom stereocenters. The van der Waals surface area contributed by atoms with Crippen molar-refractivity contribution in [2.45, 2.75) is 19.8 Å². The lowest BCUT2D eigenvalue weighted by molar-refractivity contribution is -0.385. The molecule has 2 N–H and O–H groups in total. The Morgan fingerprint density at radius 3 is 2.44 bits per heavy atom. The van der Waals surface area contributed by atoms with Crippen LogP contribution in [0, 0.1) is 10.1 Å². The SMILES string of the molecule is CCCc1[nH]nc(C(=O)NCCN2C(=O)c3ccccc3C2=O)c1[N+](=O)[O-]. The molecule has 0 spiro atoms. The summed E-state index contributed by atoms with van der Waals surface area (Å²) in [6.45, 7) is 1.77. The van der Waals surface area contributed by atoms with E-state index < -0.39 is 22.6 Å². The molecule has 10 heteroatoms. The van der Waals surface area contributed by atoms with Crippen molar-refractivity contribution in [3.8, 4) is 0 Å². The molecule has 0 fully saturated rings. The van der Waals surface area contributed by atoms with Crippen LogP contribution in [0.25, 0.3) is 0 Å². The highest BCUT2D eigenvalue weighted by Crippen LogP contribution is 2.23. The molecule has 2 aromatic rings. The number of fused-ring (bicyclic) bond motifs is 1. The second kappa shape index (κ2) is 7.36. The molecule has 3 amide bonds. The van der Waals surface area contributed by atoms with Gasteiger partial charge in [-0.15, -0.1) is 0 Å². The molecule has 140 valence electrons. The van der Waals surface area contributed by atoms with Crippen LogP contribution < -0.4 is 5.32 Å². The van der Waals surface area contributed by atoms with Gasteiger partial charge in [0.15, 0.2) is 0 Å². The number of nitrogens with one attached hydrogen (secondary N) is 2. The number of aromatic nitrogens is 2. The van der Waals surface area contributed by atoms with Crippen molar-refractivity contribution >= 4 is 23.4 Å². The van der Waals surface area contributed by atoms with Crippen molar-refractivity contribution < 1.29 is 19.3 Å². The minimum Gasteiger partial charge on any atom is -0.349 e. The maximum atomic E-state index is 12.3. The van der Waals surface area contributed by atoms with Crippen LogP contribution in [0.4, 0.5) is 5.69 Å². The third kappa shape index (κ3) is 3.28. The fourth-order valence-electron chi connectivity index (χ4n) is 2.96. The van der Waals surface area contributed by atoms with E-state index in [2.05, 4.69) is 15.5 Å². The molecule has 0 saturated carbocycles. The zero-order valence-electron chi connectivity index (χ0n) is 14.5. The number of carbonyl (C=O) groups is 3. The van der Waals surface area contributed by atoms with Gasteiger partial charge in [-0.25, -0.2) is 0 Å². The minimum absolute atomic E-state index is 0.0435. The highest BCUT2D eigenvalue weighted by atomic mass is 16.6. The van der Waals surface area contributed by atoms with Gasteiger partial charge in [-0.3, -0.25) is 34.5 Å². The Morgan fingerprint density at radius 1 is 1.26 bits per heavy atom. The van der Waals surface area contributed by atoms with E-state index in [0.717, 1.165) is 4.90 Å². The van der Waals surface area contributed by atoms with Gasteiger partial charge in [0.1, 0.15) is 5.69 Å². The lowest BCUT2D eigenvalue weighted by atomic mass is 10.1. The first-order chi connectivity index (χ1) is 13.0. The van der Waals surface area contributed by atoms with Crippen molar-refractivity contribution in [3.05, 3.63) is 56.9 Å². The molecular weight excluding hydrogens is 354 g/mol. The van der Waals surface area contributed by atoms with Crippen molar-refractivity contribution in [1.82, 2.24) is 20.4 Å². The van der Waals surface area contributed by atoms with Gasteiger partial charge < -0.3 is 5.32 Å². The lowest BCUT2D eigenvalue weighted by Crippen LogP contribution is -2.38. The van der Waals surface area contributed by atoms with Gasteiger partial charge in [0.2, 0.25) is 5.69 Å². The molecule has 1 aromatic heterocycles. The van der Waals surface area contributed by atoms with Crippen molar-refractivity contribution in [2.24, 2.45) is 0 Å². The average molecular weight is 371 g/mol. The monoisotopic (exact) mass is 371 g/mol. The maximum Gasteiger partial charge on any atom is 0.322 e. The highest BCUT2D eigenvalue weighted by molar-refractivity contribution is 6.21. The Labute approximate surface area is 153 Å². The van der Waals surface area contributed by atoms with E-state index in [1.54, 1.807) is 24.3 Å². The molecule has 0 bridgehead atoms. The summed E-state index contributed by atoms with van der Waals surface area (Å²) in [5.74, 6) is -1.60. The van der Waals surface area contributed by atoms with Crippen LogP contribution in [0.15, 0.2) is 24.3 Å². The number of aromatic amines is 1. The van der Waals surface area contributed by atoms with Crippen LogP contribution in [0.1, 0.15) is 50.2 Å². The summed E-state index contributed by atoms with van der Waals surface area (Å²) in [4.78, 5) is 48.4. The quantitative estimate of drug-likeness (QED) is 0.427. The summed E-state index contributed by atoms with van der Waals surface area (Å²) >= 11 is 0. The van der Waals surface area contributed by atoms with Gasteiger partial charge in [0, 0.05) is 13.1 Å². The Kier molecular flexibility index (Phi) is 4.97. The molecule has 0 radical (unpaired) electrons. The van der Waals surface area contributed by atoms with E-state index in [1.807, 2.05) is 6.92 Å². The fraction of sp³-hybridized carbons (Fsp3) is 0.294. The number of hydrogen-bond donors (Lipinski definition) is 2. The number of carbonyl (C=O) groups excluding carboxylic acids is 3. The van der Waals surface area contributed by atoms with E-state index in [4.69, 9.17) is 0 Å². The molecule has 0 saturated heterocycles. The molecule has 0 aliphatic carbocycles. The van der Waals surface area contributed by atoms with E-state index in [-0.39, 0.29) is 30.2 Å². The van der Waals surface area contributed by atoms with Crippen LogP contribution in [0.5, 0.6) is 0 Å². The van der Waals surface area contributed by atoms with E-state index >= 15 is 0 Å². The van der Waals surface area contributed by atoms with Crippen molar-refractivity contribution in [3.63, 3.8) is 0 Å². The normalized spacial score (nSPS) is 13.0. The summed E-state index contributed by atoms with van der Waals surface area (Å²) < 4.78 is 0. The molecule has 0 atom stereocenters. The largest absolute Gasteiger partial charge is 0.349 e. The van der Waals surface area contributed by atoms with Gasteiger partial charge in [-0.1, -0.05) is 25.5 Å². The Hall–Kier alpha value is -3.56. The number of hydrogen-bond acceptors (Lipinski definition) is 6.